The molecule has 7 aromatic rings. The van der Waals surface area contributed by atoms with Crippen LogP contribution in [0.4, 0.5) is 0 Å². The Balaban J connectivity index is 1.57. The highest BCUT2D eigenvalue weighted by atomic mass is 16.3. The van der Waals surface area contributed by atoms with Gasteiger partial charge >= 0.3 is 0 Å². The van der Waals surface area contributed by atoms with Gasteiger partial charge in [0.2, 0.25) is 0 Å². The molecule has 0 radical (unpaired) electrons. The predicted molar refractivity (Wildman–Crippen MR) is 151 cm³/mol. The van der Waals surface area contributed by atoms with Crippen LogP contribution >= 0.6 is 0 Å². The third-order valence-corrected chi connectivity index (χ3v) is 8.06. The summed E-state index contributed by atoms with van der Waals surface area (Å²) in [6, 6.07) is 31.5. The molecule has 3 heteroatoms. The molecule has 0 atom stereocenters. The molecule has 3 aromatic heterocycles. The van der Waals surface area contributed by atoms with Crippen molar-refractivity contribution in [2.24, 2.45) is 0 Å². The highest BCUT2D eigenvalue weighted by Gasteiger charge is 2.31. The lowest BCUT2D eigenvalue weighted by Crippen LogP contribution is -1.99. The SMILES string of the molecule is c1ccc(-c2cc(-c3c(C4CCCC4)c4oc5ccccc5c4c4c3oc3ccccc34)ccn2)cc1. The molecule has 4 aromatic carbocycles. The molecule has 37 heavy (non-hydrogen) atoms. The van der Waals surface area contributed by atoms with Crippen molar-refractivity contribution in [1.82, 2.24) is 4.98 Å². The van der Waals surface area contributed by atoms with E-state index in [0.29, 0.717) is 5.92 Å². The zero-order chi connectivity index (χ0) is 24.3. The van der Waals surface area contributed by atoms with Crippen LogP contribution < -0.4 is 0 Å². The monoisotopic (exact) mass is 479 g/mol. The van der Waals surface area contributed by atoms with Crippen LogP contribution in [0, 0.1) is 0 Å². The summed E-state index contributed by atoms with van der Waals surface area (Å²) in [6.45, 7) is 0. The molecule has 1 aliphatic rings. The number of para-hydroxylation sites is 2. The maximum absolute atomic E-state index is 6.75. The molecule has 1 saturated carbocycles. The van der Waals surface area contributed by atoms with Gasteiger partial charge in [0.05, 0.1) is 5.69 Å². The molecule has 3 nitrogen and oxygen atoms in total. The molecule has 0 N–H and O–H groups in total. The van der Waals surface area contributed by atoms with Crippen LogP contribution in [0.3, 0.4) is 0 Å². The molecular formula is C34H25NO2. The van der Waals surface area contributed by atoms with E-state index in [-0.39, 0.29) is 0 Å². The van der Waals surface area contributed by atoms with Gasteiger partial charge in [0.15, 0.2) is 0 Å². The first-order chi connectivity index (χ1) is 18.4. The lowest BCUT2D eigenvalue weighted by molar-refractivity contribution is 0.640. The number of nitrogens with zero attached hydrogens (tertiary/aromatic N) is 1. The maximum Gasteiger partial charge on any atom is 0.144 e. The van der Waals surface area contributed by atoms with Crippen LogP contribution in [0.5, 0.6) is 0 Å². The molecule has 0 spiro atoms. The Bertz CT molecular complexity index is 1940. The summed E-state index contributed by atoms with van der Waals surface area (Å²) in [7, 11) is 0. The minimum Gasteiger partial charge on any atom is -0.456 e. The fourth-order valence-electron chi connectivity index (χ4n) is 6.43. The third-order valence-electron chi connectivity index (χ3n) is 8.06. The number of aromatic nitrogens is 1. The second-order valence-corrected chi connectivity index (χ2v) is 10.2. The Kier molecular flexibility index (Phi) is 4.54. The zero-order valence-electron chi connectivity index (χ0n) is 20.4. The lowest BCUT2D eigenvalue weighted by Gasteiger charge is -2.18. The van der Waals surface area contributed by atoms with Gasteiger partial charge in [0.1, 0.15) is 22.3 Å². The summed E-state index contributed by atoms with van der Waals surface area (Å²) < 4.78 is 13.5. The van der Waals surface area contributed by atoms with Gasteiger partial charge in [-0.05, 0) is 48.6 Å². The summed E-state index contributed by atoms with van der Waals surface area (Å²) in [5, 5.41) is 4.61. The second kappa shape index (κ2) is 8.07. The van der Waals surface area contributed by atoms with Gasteiger partial charge in [-0.15, -0.1) is 0 Å². The first-order valence-electron chi connectivity index (χ1n) is 13.2. The minimum absolute atomic E-state index is 0.434. The van der Waals surface area contributed by atoms with Gasteiger partial charge in [-0.3, -0.25) is 4.98 Å². The molecule has 0 amide bonds. The van der Waals surface area contributed by atoms with E-state index in [9.17, 15) is 0 Å². The van der Waals surface area contributed by atoms with Crippen LogP contribution in [-0.4, -0.2) is 4.98 Å². The standard InChI is InChI=1S/C34H25NO2/c1-2-10-21(11-3-1)26-20-23(18-19-35-26)30-29(22-12-4-5-13-22)33-31(24-14-6-8-16-27(24)36-33)32-25-15-7-9-17-28(25)37-34(30)32/h1-3,6-11,14-20,22H,4-5,12-13H2. The molecule has 3 heterocycles. The number of hydrogen-bond donors (Lipinski definition) is 0. The van der Waals surface area contributed by atoms with E-state index in [1.807, 2.05) is 18.3 Å². The van der Waals surface area contributed by atoms with Gasteiger partial charge in [-0.25, -0.2) is 0 Å². The highest BCUT2D eigenvalue weighted by molar-refractivity contribution is 6.29. The average molecular weight is 480 g/mol. The summed E-state index contributed by atoms with van der Waals surface area (Å²) in [6.07, 6.45) is 6.75. The fourth-order valence-corrected chi connectivity index (χ4v) is 6.43. The van der Waals surface area contributed by atoms with Gasteiger partial charge < -0.3 is 8.83 Å². The number of rotatable bonds is 3. The molecule has 1 fully saturated rings. The third kappa shape index (κ3) is 3.10. The Morgan fingerprint density at radius 3 is 1.97 bits per heavy atom. The zero-order valence-corrected chi connectivity index (χ0v) is 20.4. The van der Waals surface area contributed by atoms with Gasteiger partial charge in [0, 0.05) is 44.4 Å². The molecule has 8 rings (SSSR count). The number of hydrogen-bond acceptors (Lipinski definition) is 3. The van der Waals surface area contributed by atoms with E-state index in [2.05, 4.69) is 78.9 Å². The Labute approximate surface area is 214 Å². The van der Waals surface area contributed by atoms with Crippen LogP contribution in [-0.2, 0) is 0 Å². The maximum atomic E-state index is 6.75. The first-order valence-corrected chi connectivity index (χ1v) is 13.2. The summed E-state index contributed by atoms with van der Waals surface area (Å²) in [5.41, 5.74) is 9.45. The van der Waals surface area contributed by atoms with Crippen molar-refractivity contribution < 1.29 is 8.83 Å². The molecule has 0 aliphatic heterocycles. The fraction of sp³-hybridized carbons (Fsp3) is 0.147. The van der Waals surface area contributed by atoms with Crippen molar-refractivity contribution in [3.05, 3.63) is 103 Å². The van der Waals surface area contributed by atoms with Crippen molar-refractivity contribution in [2.75, 3.05) is 0 Å². The summed E-state index contributed by atoms with van der Waals surface area (Å²) in [4.78, 5) is 4.73. The Morgan fingerprint density at radius 1 is 0.622 bits per heavy atom. The van der Waals surface area contributed by atoms with E-state index in [0.717, 1.165) is 60.9 Å². The Morgan fingerprint density at radius 2 is 1.24 bits per heavy atom. The van der Waals surface area contributed by atoms with Crippen molar-refractivity contribution in [2.45, 2.75) is 31.6 Å². The van der Waals surface area contributed by atoms with Crippen LogP contribution in [0.1, 0.15) is 37.2 Å². The number of benzene rings is 4. The molecule has 0 unspecified atom stereocenters. The van der Waals surface area contributed by atoms with Crippen molar-refractivity contribution >= 4 is 43.9 Å². The number of pyridine rings is 1. The van der Waals surface area contributed by atoms with Gasteiger partial charge in [-0.2, -0.15) is 0 Å². The van der Waals surface area contributed by atoms with E-state index < -0.39 is 0 Å². The van der Waals surface area contributed by atoms with Crippen molar-refractivity contribution in [3.8, 4) is 22.4 Å². The number of fused-ring (bicyclic) bond motifs is 7. The normalized spacial score (nSPS) is 14.5. The van der Waals surface area contributed by atoms with Gasteiger partial charge in [0.25, 0.3) is 0 Å². The Hall–Kier alpha value is -4.37. The van der Waals surface area contributed by atoms with Crippen LogP contribution in [0.25, 0.3) is 66.3 Å². The lowest BCUT2D eigenvalue weighted by atomic mass is 9.85. The summed E-state index contributed by atoms with van der Waals surface area (Å²) in [5.74, 6) is 0.434. The average Bonchev–Trinajstić information content (AvgIpc) is 3.70. The number of furan rings is 2. The molecule has 0 saturated heterocycles. The van der Waals surface area contributed by atoms with E-state index >= 15 is 0 Å². The minimum atomic E-state index is 0.434. The summed E-state index contributed by atoms with van der Waals surface area (Å²) >= 11 is 0. The van der Waals surface area contributed by atoms with E-state index in [4.69, 9.17) is 13.8 Å². The van der Waals surface area contributed by atoms with E-state index in [1.165, 1.54) is 36.6 Å². The molecule has 0 bridgehead atoms. The topological polar surface area (TPSA) is 39.2 Å². The van der Waals surface area contributed by atoms with Crippen LogP contribution in [0.2, 0.25) is 0 Å². The largest absolute Gasteiger partial charge is 0.456 e. The first kappa shape index (κ1) is 20.8. The van der Waals surface area contributed by atoms with Crippen molar-refractivity contribution in [3.63, 3.8) is 0 Å². The molecule has 178 valence electrons. The second-order valence-electron chi connectivity index (χ2n) is 10.2. The van der Waals surface area contributed by atoms with Crippen molar-refractivity contribution in [1.29, 1.82) is 0 Å². The van der Waals surface area contributed by atoms with Gasteiger partial charge in [-0.1, -0.05) is 79.6 Å². The smallest absolute Gasteiger partial charge is 0.144 e. The highest BCUT2D eigenvalue weighted by Crippen LogP contribution is 2.51. The predicted octanol–water partition coefficient (Wildman–Crippen LogP) is 9.87. The molecular weight excluding hydrogens is 454 g/mol. The van der Waals surface area contributed by atoms with Crippen LogP contribution in [0.15, 0.2) is 106 Å². The van der Waals surface area contributed by atoms with E-state index in [1.54, 1.807) is 0 Å². The quantitative estimate of drug-likeness (QED) is 0.253. The molecule has 1 aliphatic carbocycles.